The third-order valence-corrected chi connectivity index (χ3v) is 3.25. The van der Waals surface area contributed by atoms with Crippen molar-refractivity contribution in [1.29, 1.82) is 0 Å². The number of H-pyrrole nitrogens is 1. The molecule has 1 atom stereocenters. The molecule has 0 aromatic carbocycles. The molecule has 1 aromatic heterocycles. The van der Waals surface area contributed by atoms with E-state index in [4.69, 9.17) is 4.74 Å². The molecule has 3 rings (SSSR count). The van der Waals surface area contributed by atoms with Crippen molar-refractivity contribution in [2.75, 3.05) is 13.2 Å². The van der Waals surface area contributed by atoms with Gasteiger partial charge >= 0.3 is 0 Å². The Hall–Kier alpha value is -0.870. The zero-order valence-electron chi connectivity index (χ0n) is 8.83. The normalized spacial score (nSPS) is 26.0. The molecule has 15 heavy (non-hydrogen) atoms. The smallest absolute Gasteiger partial charge is 0.0550 e. The first-order valence-electron chi connectivity index (χ1n) is 5.77. The second kappa shape index (κ2) is 3.94. The lowest BCUT2D eigenvalue weighted by Gasteiger charge is -2.08. The maximum absolute atomic E-state index is 5.41. The summed E-state index contributed by atoms with van der Waals surface area (Å²) in [6.07, 6.45) is 5.74. The van der Waals surface area contributed by atoms with Gasteiger partial charge in [-0.1, -0.05) is 0 Å². The Morgan fingerprint density at radius 3 is 3.13 bits per heavy atom. The first-order chi connectivity index (χ1) is 7.43. The number of ether oxygens (including phenoxy) is 1. The summed E-state index contributed by atoms with van der Waals surface area (Å²) in [5.41, 5.74) is 2.60. The van der Waals surface area contributed by atoms with Gasteiger partial charge in [0.05, 0.1) is 12.8 Å². The Morgan fingerprint density at radius 1 is 1.47 bits per heavy atom. The highest BCUT2D eigenvalue weighted by Gasteiger charge is 2.24. The van der Waals surface area contributed by atoms with Gasteiger partial charge in [-0.05, 0) is 19.3 Å². The van der Waals surface area contributed by atoms with E-state index in [1.165, 1.54) is 24.1 Å². The van der Waals surface area contributed by atoms with E-state index in [1.54, 1.807) is 0 Å². The summed E-state index contributed by atoms with van der Waals surface area (Å²) >= 11 is 0. The highest BCUT2D eigenvalue weighted by molar-refractivity contribution is 5.21. The number of aromatic nitrogens is 2. The first kappa shape index (κ1) is 9.36. The summed E-state index contributed by atoms with van der Waals surface area (Å²) in [5.74, 6) is 0.531. The van der Waals surface area contributed by atoms with Gasteiger partial charge in [0, 0.05) is 36.4 Å². The van der Waals surface area contributed by atoms with Gasteiger partial charge in [0.2, 0.25) is 0 Å². The highest BCUT2D eigenvalue weighted by Crippen LogP contribution is 2.26. The largest absolute Gasteiger partial charge is 0.381 e. The molecule has 2 aliphatic rings. The molecule has 1 unspecified atom stereocenters. The van der Waals surface area contributed by atoms with Crippen molar-refractivity contribution in [2.24, 2.45) is 0 Å². The van der Waals surface area contributed by atoms with E-state index in [0.29, 0.717) is 5.92 Å². The Bertz CT molecular complexity index is 326. The number of nitrogens with zero attached hydrogens (tertiary/aromatic N) is 1. The average molecular weight is 207 g/mol. The number of aromatic amines is 1. The van der Waals surface area contributed by atoms with Gasteiger partial charge in [0.25, 0.3) is 0 Å². The number of hydrogen-bond donors (Lipinski definition) is 2. The molecule has 2 N–H and O–H groups in total. The van der Waals surface area contributed by atoms with Crippen LogP contribution < -0.4 is 5.32 Å². The third kappa shape index (κ3) is 2.06. The lowest BCUT2D eigenvalue weighted by atomic mass is 10.0. The second-order valence-corrected chi connectivity index (χ2v) is 4.52. The molecule has 0 bridgehead atoms. The van der Waals surface area contributed by atoms with Crippen molar-refractivity contribution in [1.82, 2.24) is 15.5 Å². The van der Waals surface area contributed by atoms with E-state index in [9.17, 15) is 0 Å². The van der Waals surface area contributed by atoms with Gasteiger partial charge in [-0.2, -0.15) is 5.10 Å². The Kier molecular flexibility index (Phi) is 2.46. The van der Waals surface area contributed by atoms with Crippen LogP contribution >= 0.6 is 0 Å². The van der Waals surface area contributed by atoms with Crippen LogP contribution in [0.5, 0.6) is 0 Å². The minimum absolute atomic E-state index is 0.531. The van der Waals surface area contributed by atoms with Crippen molar-refractivity contribution in [3.8, 4) is 0 Å². The maximum atomic E-state index is 5.41. The fraction of sp³-hybridized carbons (Fsp3) is 0.727. The van der Waals surface area contributed by atoms with E-state index in [-0.39, 0.29) is 0 Å². The highest BCUT2D eigenvalue weighted by atomic mass is 16.5. The van der Waals surface area contributed by atoms with E-state index in [2.05, 4.69) is 15.5 Å². The molecule has 2 heterocycles. The van der Waals surface area contributed by atoms with E-state index in [0.717, 1.165) is 32.2 Å². The minimum Gasteiger partial charge on any atom is -0.381 e. The van der Waals surface area contributed by atoms with Gasteiger partial charge in [0.15, 0.2) is 0 Å². The van der Waals surface area contributed by atoms with E-state index >= 15 is 0 Å². The molecule has 1 saturated carbocycles. The van der Waals surface area contributed by atoms with Crippen LogP contribution in [0.2, 0.25) is 0 Å². The molecule has 1 aliphatic carbocycles. The molecule has 0 spiro atoms. The molecule has 82 valence electrons. The summed E-state index contributed by atoms with van der Waals surface area (Å²) in [4.78, 5) is 0. The summed E-state index contributed by atoms with van der Waals surface area (Å²) in [6.45, 7) is 2.69. The zero-order chi connectivity index (χ0) is 10.1. The Balaban J connectivity index is 1.67. The first-order valence-corrected chi connectivity index (χ1v) is 5.77. The Morgan fingerprint density at radius 2 is 2.40 bits per heavy atom. The van der Waals surface area contributed by atoms with Gasteiger partial charge in [-0.15, -0.1) is 0 Å². The quantitative estimate of drug-likeness (QED) is 0.779. The standard InChI is InChI=1S/C11H17N3O/c1-2-10(1)12-5-9-6-13-14-11(9)8-3-4-15-7-8/h6,8,10,12H,1-5,7H2,(H,13,14). The molecule has 1 aliphatic heterocycles. The monoisotopic (exact) mass is 207 g/mol. The summed E-state index contributed by atoms with van der Waals surface area (Å²) in [6, 6.07) is 0.757. The van der Waals surface area contributed by atoms with E-state index < -0.39 is 0 Å². The number of nitrogens with one attached hydrogen (secondary N) is 2. The fourth-order valence-corrected chi connectivity index (χ4v) is 2.12. The number of rotatable bonds is 4. The summed E-state index contributed by atoms with van der Waals surface area (Å²) in [5, 5.41) is 10.8. The molecule has 1 saturated heterocycles. The lowest BCUT2D eigenvalue weighted by Crippen LogP contribution is -2.16. The molecule has 0 amide bonds. The van der Waals surface area contributed by atoms with Crippen molar-refractivity contribution < 1.29 is 4.74 Å². The van der Waals surface area contributed by atoms with Crippen LogP contribution in [0.4, 0.5) is 0 Å². The molecule has 4 heteroatoms. The predicted molar refractivity (Wildman–Crippen MR) is 56.6 cm³/mol. The Labute approximate surface area is 89.4 Å². The van der Waals surface area contributed by atoms with Gasteiger partial charge < -0.3 is 10.1 Å². The SMILES string of the molecule is c1n[nH]c(C2CCOC2)c1CNC1CC1. The topological polar surface area (TPSA) is 49.9 Å². The molecular formula is C11H17N3O. The maximum Gasteiger partial charge on any atom is 0.0550 e. The van der Waals surface area contributed by atoms with Crippen LogP contribution in [0.1, 0.15) is 36.4 Å². The fourth-order valence-electron chi connectivity index (χ4n) is 2.12. The van der Waals surface area contributed by atoms with Crippen molar-refractivity contribution in [3.05, 3.63) is 17.5 Å². The van der Waals surface area contributed by atoms with Crippen LogP contribution in [-0.2, 0) is 11.3 Å². The van der Waals surface area contributed by atoms with Gasteiger partial charge in [0.1, 0.15) is 0 Å². The minimum atomic E-state index is 0.531. The third-order valence-electron chi connectivity index (χ3n) is 3.25. The number of hydrogen-bond acceptors (Lipinski definition) is 3. The molecular weight excluding hydrogens is 190 g/mol. The van der Waals surface area contributed by atoms with Crippen LogP contribution in [0.25, 0.3) is 0 Å². The van der Waals surface area contributed by atoms with Crippen LogP contribution in [-0.4, -0.2) is 29.5 Å². The van der Waals surface area contributed by atoms with Gasteiger partial charge in [-0.3, -0.25) is 5.10 Å². The predicted octanol–water partition coefficient (Wildman–Crippen LogP) is 1.17. The van der Waals surface area contributed by atoms with Crippen molar-refractivity contribution >= 4 is 0 Å². The van der Waals surface area contributed by atoms with Crippen LogP contribution in [0, 0.1) is 0 Å². The summed E-state index contributed by atoms with van der Waals surface area (Å²) in [7, 11) is 0. The molecule has 2 fully saturated rings. The average Bonchev–Trinajstić information content (AvgIpc) is 2.79. The molecule has 4 nitrogen and oxygen atoms in total. The van der Waals surface area contributed by atoms with E-state index in [1.807, 2.05) is 6.20 Å². The zero-order valence-corrected chi connectivity index (χ0v) is 8.83. The second-order valence-electron chi connectivity index (χ2n) is 4.52. The van der Waals surface area contributed by atoms with Crippen molar-refractivity contribution in [3.63, 3.8) is 0 Å². The van der Waals surface area contributed by atoms with Crippen LogP contribution in [0.15, 0.2) is 6.20 Å². The van der Waals surface area contributed by atoms with Crippen molar-refractivity contribution in [2.45, 2.75) is 37.8 Å². The summed E-state index contributed by atoms with van der Waals surface area (Å²) < 4.78 is 5.41. The molecule has 0 radical (unpaired) electrons. The van der Waals surface area contributed by atoms with Gasteiger partial charge in [-0.25, -0.2) is 0 Å². The molecule has 1 aromatic rings. The lowest BCUT2D eigenvalue weighted by molar-refractivity contribution is 0.193. The van der Waals surface area contributed by atoms with Crippen LogP contribution in [0.3, 0.4) is 0 Å².